The molecule has 112 valence electrons. The van der Waals surface area contributed by atoms with Crippen LogP contribution in [0.4, 0.5) is 5.82 Å². The summed E-state index contributed by atoms with van der Waals surface area (Å²) in [5.41, 5.74) is 1.28. The third-order valence-corrected chi connectivity index (χ3v) is 4.24. The summed E-state index contributed by atoms with van der Waals surface area (Å²) < 4.78 is 0. The van der Waals surface area contributed by atoms with Gasteiger partial charge in [-0.05, 0) is 37.3 Å². The van der Waals surface area contributed by atoms with Crippen LogP contribution in [0.3, 0.4) is 0 Å². The summed E-state index contributed by atoms with van der Waals surface area (Å²) >= 11 is 0. The Balaban J connectivity index is 2.03. The third kappa shape index (κ3) is 3.03. The lowest BCUT2D eigenvalue weighted by atomic mass is 10.1. The Morgan fingerprint density at radius 2 is 2.00 bits per heavy atom. The molecule has 3 heteroatoms. The smallest absolute Gasteiger partial charge is 0.136 e. The predicted molar refractivity (Wildman–Crippen MR) is 89.8 cm³/mol. The number of anilines is 1. The summed E-state index contributed by atoms with van der Waals surface area (Å²) in [7, 11) is 1.99. The molecule has 1 heterocycles. The van der Waals surface area contributed by atoms with E-state index in [-0.39, 0.29) is 0 Å². The fourth-order valence-electron chi connectivity index (χ4n) is 2.97. The molecule has 1 fully saturated rings. The summed E-state index contributed by atoms with van der Waals surface area (Å²) in [6, 6.07) is 9.40. The van der Waals surface area contributed by atoms with Gasteiger partial charge in [-0.3, -0.25) is 0 Å². The van der Waals surface area contributed by atoms with Gasteiger partial charge >= 0.3 is 0 Å². The van der Waals surface area contributed by atoms with Crippen molar-refractivity contribution in [1.29, 1.82) is 0 Å². The van der Waals surface area contributed by atoms with E-state index in [0.29, 0.717) is 6.04 Å². The standard InChI is InChI=1S/C18H25N3/c1-3-4-11-21(15-9-10-15)18-17-8-6-5-7-16(17)14(12-19-2)13-20-18/h5-8,13,15,19H,3-4,9-12H2,1-2H3. The zero-order chi connectivity index (χ0) is 14.7. The van der Waals surface area contributed by atoms with E-state index in [1.54, 1.807) is 0 Å². The Morgan fingerprint density at radius 1 is 1.24 bits per heavy atom. The number of unbranched alkanes of at least 4 members (excludes halogenated alkanes) is 1. The van der Waals surface area contributed by atoms with E-state index in [1.165, 1.54) is 47.8 Å². The molecule has 0 aliphatic heterocycles. The molecule has 0 unspecified atom stereocenters. The van der Waals surface area contributed by atoms with E-state index in [1.807, 2.05) is 7.05 Å². The lowest BCUT2D eigenvalue weighted by Crippen LogP contribution is -2.28. The number of pyridine rings is 1. The Morgan fingerprint density at radius 3 is 2.67 bits per heavy atom. The minimum Gasteiger partial charge on any atom is -0.353 e. The average Bonchev–Trinajstić information content (AvgIpc) is 3.34. The van der Waals surface area contributed by atoms with Crippen LogP contribution in [0.1, 0.15) is 38.2 Å². The summed E-state index contributed by atoms with van der Waals surface area (Å²) in [5, 5.41) is 5.87. The Hall–Kier alpha value is -1.61. The first-order chi connectivity index (χ1) is 10.3. The van der Waals surface area contributed by atoms with Crippen molar-refractivity contribution in [2.75, 3.05) is 18.5 Å². The number of fused-ring (bicyclic) bond motifs is 1. The van der Waals surface area contributed by atoms with Crippen molar-refractivity contribution < 1.29 is 0 Å². The first-order valence-corrected chi connectivity index (χ1v) is 8.13. The van der Waals surface area contributed by atoms with Gasteiger partial charge in [0.1, 0.15) is 5.82 Å². The van der Waals surface area contributed by atoms with Crippen molar-refractivity contribution >= 4 is 16.6 Å². The fourth-order valence-corrected chi connectivity index (χ4v) is 2.97. The van der Waals surface area contributed by atoms with Crippen molar-refractivity contribution in [3.8, 4) is 0 Å². The highest BCUT2D eigenvalue weighted by atomic mass is 15.2. The largest absolute Gasteiger partial charge is 0.353 e. The maximum absolute atomic E-state index is 4.83. The lowest BCUT2D eigenvalue weighted by Gasteiger charge is -2.25. The SMILES string of the molecule is CCCCN(c1ncc(CNC)c2ccccc12)C1CC1. The molecule has 21 heavy (non-hydrogen) atoms. The first-order valence-electron chi connectivity index (χ1n) is 8.13. The molecule has 0 bridgehead atoms. The van der Waals surface area contributed by atoms with Crippen molar-refractivity contribution in [3.05, 3.63) is 36.0 Å². The molecule has 1 aromatic carbocycles. The zero-order valence-electron chi connectivity index (χ0n) is 13.1. The molecule has 1 N–H and O–H groups in total. The molecular formula is C18H25N3. The Bertz CT molecular complexity index is 604. The number of hydrogen-bond acceptors (Lipinski definition) is 3. The Kier molecular flexibility index (Phi) is 4.39. The molecule has 0 radical (unpaired) electrons. The summed E-state index contributed by atoms with van der Waals surface area (Å²) in [6.45, 7) is 4.25. The second-order valence-electron chi connectivity index (χ2n) is 5.96. The molecule has 1 aromatic heterocycles. The van der Waals surface area contributed by atoms with E-state index in [0.717, 1.165) is 13.1 Å². The van der Waals surface area contributed by atoms with Crippen LogP contribution >= 0.6 is 0 Å². The van der Waals surface area contributed by atoms with Gasteiger partial charge in [0, 0.05) is 30.7 Å². The maximum atomic E-state index is 4.83. The number of benzene rings is 1. The minimum absolute atomic E-state index is 0.711. The molecule has 1 aliphatic rings. The Labute approximate surface area is 127 Å². The number of hydrogen-bond donors (Lipinski definition) is 1. The topological polar surface area (TPSA) is 28.2 Å². The molecule has 3 nitrogen and oxygen atoms in total. The molecular weight excluding hydrogens is 258 g/mol. The molecule has 1 aliphatic carbocycles. The van der Waals surface area contributed by atoms with E-state index < -0.39 is 0 Å². The van der Waals surface area contributed by atoms with E-state index in [9.17, 15) is 0 Å². The van der Waals surface area contributed by atoms with Gasteiger partial charge in [0.05, 0.1) is 0 Å². The highest BCUT2D eigenvalue weighted by Gasteiger charge is 2.30. The van der Waals surface area contributed by atoms with Crippen LogP contribution in [0.5, 0.6) is 0 Å². The van der Waals surface area contributed by atoms with Gasteiger partial charge in [-0.1, -0.05) is 37.6 Å². The quantitative estimate of drug-likeness (QED) is 0.839. The fraction of sp³-hybridized carbons (Fsp3) is 0.500. The monoisotopic (exact) mass is 283 g/mol. The number of rotatable bonds is 7. The number of nitrogens with zero attached hydrogens (tertiary/aromatic N) is 2. The highest BCUT2D eigenvalue weighted by molar-refractivity contribution is 5.94. The average molecular weight is 283 g/mol. The molecule has 0 spiro atoms. The third-order valence-electron chi connectivity index (χ3n) is 4.24. The van der Waals surface area contributed by atoms with E-state index in [2.05, 4.69) is 47.6 Å². The first kappa shape index (κ1) is 14.3. The molecule has 3 rings (SSSR count). The second-order valence-corrected chi connectivity index (χ2v) is 5.96. The van der Waals surface area contributed by atoms with Crippen LogP contribution in [0.2, 0.25) is 0 Å². The van der Waals surface area contributed by atoms with Crippen molar-refractivity contribution in [3.63, 3.8) is 0 Å². The van der Waals surface area contributed by atoms with Crippen LogP contribution in [0.15, 0.2) is 30.5 Å². The van der Waals surface area contributed by atoms with Crippen LogP contribution in [0, 0.1) is 0 Å². The molecule has 2 aromatic rings. The van der Waals surface area contributed by atoms with Crippen molar-refractivity contribution in [2.24, 2.45) is 0 Å². The van der Waals surface area contributed by atoms with Gasteiger partial charge < -0.3 is 10.2 Å². The van der Waals surface area contributed by atoms with Gasteiger partial charge in [-0.25, -0.2) is 4.98 Å². The van der Waals surface area contributed by atoms with Gasteiger partial charge in [-0.2, -0.15) is 0 Å². The van der Waals surface area contributed by atoms with Gasteiger partial charge in [0.15, 0.2) is 0 Å². The molecule has 0 saturated heterocycles. The van der Waals surface area contributed by atoms with Crippen LogP contribution in [-0.2, 0) is 6.54 Å². The van der Waals surface area contributed by atoms with E-state index >= 15 is 0 Å². The van der Waals surface area contributed by atoms with Gasteiger partial charge in [-0.15, -0.1) is 0 Å². The highest BCUT2D eigenvalue weighted by Crippen LogP contribution is 2.35. The lowest BCUT2D eigenvalue weighted by molar-refractivity contribution is 0.706. The molecule has 0 amide bonds. The van der Waals surface area contributed by atoms with Crippen molar-refractivity contribution in [2.45, 2.75) is 45.2 Å². The van der Waals surface area contributed by atoms with Crippen molar-refractivity contribution in [1.82, 2.24) is 10.3 Å². The number of aromatic nitrogens is 1. The van der Waals surface area contributed by atoms with Gasteiger partial charge in [0.25, 0.3) is 0 Å². The zero-order valence-corrected chi connectivity index (χ0v) is 13.1. The van der Waals surface area contributed by atoms with Crippen LogP contribution < -0.4 is 10.2 Å². The normalized spacial score (nSPS) is 14.6. The molecule has 0 atom stereocenters. The van der Waals surface area contributed by atoms with Crippen LogP contribution in [-0.4, -0.2) is 24.6 Å². The minimum atomic E-state index is 0.711. The van der Waals surface area contributed by atoms with Gasteiger partial charge in [0.2, 0.25) is 0 Å². The predicted octanol–water partition coefficient (Wildman–Crippen LogP) is 3.72. The van der Waals surface area contributed by atoms with E-state index in [4.69, 9.17) is 4.98 Å². The summed E-state index contributed by atoms with van der Waals surface area (Å²) in [6.07, 6.45) is 7.16. The molecule has 1 saturated carbocycles. The van der Waals surface area contributed by atoms with Crippen LogP contribution in [0.25, 0.3) is 10.8 Å². The maximum Gasteiger partial charge on any atom is 0.136 e. The summed E-state index contributed by atoms with van der Waals surface area (Å²) in [5.74, 6) is 1.18. The number of nitrogens with one attached hydrogen (secondary N) is 1. The second kappa shape index (κ2) is 6.44. The summed E-state index contributed by atoms with van der Waals surface area (Å²) in [4.78, 5) is 7.36.